The summed E-state index contributed by atoms with van der Waals surface area (Å²) in [5.74, 6) is -0.906. The molecule has 0 unspecified atom stereocenters. The first-order chi connectivity index (χ1) is 8.27. The van der Waals surface area contributed by atoms with Crippen molar-refractivity contribution in [2.75, 3.05) is 0 Å². The maximum Gasteiger partial charge on any atom is 0.172 e. The fourth-order valence-electron chi connectivity index (χ4n) is 2.05. The lowest BCUT2D eigenvalue weighted by atomic mass is 10.0. The molecule has 17 heavy (non-hydrogen) atoms. The lowest BCUT2D eigenvalue weighted by molar-refractivity contribution is 0.433. The summed E-state index contributed by atoms with van der Waals surface area (Å²) in [7, 11) is 0. The molecule has 3 heteroatoms. The Balaban J connectivity index is 2.34. The number of fused-ring (bicyclic) bond motifs is 1. The minimum atomic E-state index is -0.582. The van der Waals surface area contributed by atoms with Crippen LogP contribution in [-0.4, -0.2) is 10.1 Å². The first-order valence-corrected chi connectivity index (χ1v) is 5.31. The molecule has 2 N–H and O–H groups in total. The number of hydrogen-bond acceptors (Lipinski definition) is 1. The first kappa shape index (κ1) is 9.90. The zero-order valence-corrected chi connectivity index (χ0v) is 8.94. The Morgan fingerprint density at radius 3 is 2.59 bits per heavy atom. The smallest absolute Gasteiger partial charge is 0.172 e. The molecule has 3 aromatic rings. The molecule has 0 fully saturated rings. The number of hydrogen-bond donors (Lipinski definition) is 2. The van der Waals surface area contributed by atoms with E-state index in [1.807, 2.05) is 30.5 Å². The molecular weight excluding hydrogens is 217 g/mol. The molecule has 0 aliphatic carbocycles. The maximum absolute atomic E-state index is 13.9. The topological polar surface area (TPSA) is 36.0 Å². The SMILES string of the molecule is Oc1cccc(-c2cccc3[nH]ccc23)c1F. The van der Waals surface area contributed by atoms with Crippen molar-refractivity contribution in [3.8, 4) is 16.9 Å². The Morgan fingerprint density at radius 1 is 0.941 bits per heavy atom. The number of aromatic nitrogens is 1. The summed E-state index contributed by atoms with van der Waals surface area (Å²) >= 11 is 0. The molecule has 1 heterocycles. The minimum Gasteiger partial charge on any atom is -0.505 e. The number of benzene rings is 2. The monoisotopic (exact) mass is 227 g/mol. The van der Waals surface area contributed by atoms with Crippen LogP contribution in [0.25, 0.3) is 22.0 Å². The van der Waals surface area contributed by atoms with Crippen LogP contribution < -0.4 is 0 Å². The first-order valence-electron chi connectivity index (χ1n) is 5.31. The van der Waals surface area contributed by atoms with Crippen molar-refractivity contribution >= 4 is 10.9 Å². The van der Waals surface area contributed by atoms with Crippen molar-refractivity contribution in [1.29, 1.82) is 0 Å². The van der Waals surface area contributed by atoms with Crippen LogP contribution >= 0.6 is 0 Å². The van der Waals surface area contributed by atoms with Crippen LogP contribution in [0.2, 0.25) is 0 Å². The minimum absolute atomic E-state index is 0.324. The van der Waals surface area contributed by atoms with Gasteiger partial charge in [-0.3, -0.25) is 0 Å². The predicted octanol–water partition coefficient (Wildman–Crippen LogP) is 3.68. The molecule has 0 radical (unpaired) electrons. The number of phenolic OH excluding ortho intramolecular Hbond substituents is 1. The third kappa shape index (κ3) is 1.47. The fourth-order valence-corrected chi connectivity index (χ4v) is 2.05. The summed E-state index contributed by atoms with van der Waals surface area (Å²) in [4.78, 5) is 3.08. The van der Waals surface area contributed by atoms with Crippen LogP contribution in [0, 0.1) is 5.82 Å². The largest absolute Gasteiger partial charge is 0.505 e. The van der Waals surface area contributed by atoms with E-state index in [1.54, 1.807) is 12.1 Å². The summed E-state index contributed by atoms with van der Waals surface area (Å²) in [6.45, 7) is 0. The third-order valence-corrected chi connectivity index (χ3v) is 2.86. The molecule has 0 aliphatic rings. The van der Waals surface area contributed by atoms with Gasteiger partial charge in [-0.1, -0.05) is 24.3 Å². The molecule has 0 amide bonds. The van der Waals surface area contributed by atoms with Crippen LogP contribution in [-0.2, 0) is 0 Å². The van der Waals surface area contributed by atoms with E-state index in [-0.39, 0.29) is 5.75 Å². The summed E-state index contributed by atoms with van der Waals surface area (Å²) in [5, 5.41) is 10.3. The van der Waals surface area contributed by atoms with Crippen molar-refractivity contribution in [2.45, 2.75) is 0 Å². The highest BCUT2D eigenvalue weighted by atomic mass is 19.1. The van der Waals surface area contributed by atoms with E-state index in [1.165, 1.54) is 6.07 Å². The van der Waals surface area contributed by atoms with Crippen molar-refractivity contribution in [3.63, 3.8) is 0 Å². The zero-order chi connectivity index (χ0) is 11.8. The number of phenols is 1. The molecule has 2 nitrogen and oxygen atoms in total. The van der Waals surface area contributed by atoms with E-state index < -0.39 is 5.82 Å². The quantitative estimate of drug-likeness (QED) is 0.653. The lowest BCUT2D eigenvalue weighted by Crippen LogP contribution is -1.85. The van der Waals surface area contributed by atoms with Gasteiger partial charge in [0, 0.05) is 22.7 Å². The average Bonchev–Trinajstić information content (AvgIpc) is 2.81. The number of halogens is 1. The molecule has 2 aromatic carbocycles. The van der Waals surface area contributed by atoms with E-state index in [0.717, 1.165) is 16.5 Å². The highest BCUT2D eigenvalue weighted by Gasteiger charge is 2.11. The van der Waals surface area contributed by atoms with Crippen LogP contribution in [0.4, 0.5) is 4.39 Å². The van der Waals surface area contributed by atoms with Gasteiger partial charge in [0.05, 0.1) is 0 Å². The Morgan fingerprint density at radius 2 is 1.71 bits per heavy atom. The van der Waals surface area contributed by atoms with Gasteiger partial charge < -0.3 is 10.1 Å². The molecule has 3 rings (SSSR count). The second-order valence-electron chi connectivity index (χ2n) is 3.88. The van der Waals surface area contributed by atoms with E-state index in [2.05, 4.69) is 4.98 Å². The van der Waals surface area contributed by atoms with Gasteiger partial charge in [-0.05, 0) is 23.8 Å². The predicted molar refractivity (Wildman–Crippen MR) is 65.4 cm³/mol. The molecule has 0 bridgehead atoms. The lowest BCUT2D eigenvalue weighted by Gasteiger charge is -2.06. The van der Waals surface area contributed by atoms with E-state index in [9.17, 15) is 9.50 Å². The van der Waals surface area contributed by atoms with Crippen molar-refractivity contribution in [1.82, 2.24) is 4.98 Å². The molecule has 0 saturated heterocycles. The average molecular weight is 227 g/mol. The second kappa shape index (κ2) is 3.63. The number of aromatic amines is 1. The summed E-state index contributed by atoms with van der Waals surface area (Å²) in [5.41, 5.74) is 2.14. The van der Waals surface area contributed by atoms with Crippen LogP contribution in [0.1, 0.15) is 0 Å². The van der Waals surface area contributed by atoms with Gasteiger partial charge in [-0.25, -0.2) is 4.39 Å². The second-order valence-corrected chi connectivity index (χ2v) is 3.88. The third-order valence-electron chi connectivity index (χ3n) is 2.86. The van der Waals surface area contributed by atoms with Crippen LogP contribution in [0.5, 0.6) is 5.75 Å². The number of rotatable bonds is 1. The highest BCUT2D eigenvalue weighted by molar-refractivity contribution is 5.95. The summed E-state index contributed by atoms with van der Waals surface area (Å²) < 4.78 is 13.9. The van der Waals surface area contributed by atoms with Gasteiger partial charge in [0.15, 0.2) is 11.6 Å². The molecule has 0 atom stereocenters. The number of nitrogens with one attached hydrogen (secondary N) is 1. The Labute approximate surface area is 97.3 Å². The van der Waals surface area contributed by atoms with Gasteiger partial charge in [-0.15, -0.1) is 0 Å². The van der Waals surface area contributed by atoms with Gasteiger partial charge in [0.1, 0.15) is 0 Å². The van der Waals surface area contributed by atoms with E-state index >= 15 is 0 Å². The highest BCUT2D eigenvalue weighted by Crippen LogP contribution is 2.32. The van der Waals surface area contributed by atoms with Gasteiger partial charge in [0.2, 0.25) is 0 Å². The molecule has 0 aliphatic heterocycles. The molecular formula is C14H10FNO. The van der Waals surface area contributed by atoms with Gasteiger partial charge in [0.25, 0.3) is 0 Å². The normalized spacial score (nSPS) is 10.9. The molecule has 0 saturated carbocycles. The molecule has 84 valence electrons. The van der Waals surface area contributed by atoms with Crippen molar-refractivity contribution in [2.24, 2.45) is 0 Å². The van der Waals surface area contributed by atoms with E-state index in [0.29, 0.717) is 5.56 Å². The van der Waals surface area contributed by atoms with Gasteiger partial charge in [-0.2, -0.15) is 0 Å². The van der Waals surface area contributed by atoms with Crippen LogP contribution in [0.15, 0.2) is 48.7 Å². The Kier molecular flexibility index (Phi) is 2.11. The van der Waals surface area contributed by atoms with Gasteiger partial charge >= 0.3 is 0 Å². The summed E-state index contributed by atoms with van der Waals surface area (Å²) in [6.07, 6.45) is 1.81. The Hall–Kier alpha value is -2.29. The standard InChI is InChI=1S/C14H10FNO/c15-14-11(4-2-6-13(14)17)9-3-1-5-12-10(9)7-8-16-12/h1-8,16-17H. The molecule has 0 spiro atoms. The summed E-state index contributed by atoms with van der Waals surface area (Å²) in [6, 6.07) is 12.2. The number of aromatic hydroxyl groups is 1. The number of H-pyrrole nitrogens is 1. The zero-order valence-electron chi connectivity index (χ0n) is 8.94. The maximum atomic E-state index is 13.9. The van der Waals surface area contributed by atoms with Crippen LogP contribution in [0.3, 0.4) is 0 Å². The van der Waals surface area contributed by atoms with E-state index in [4.69, 9.17) is 0 Å². The van der Waals surface area contributed by atoms with Crippen molar-refractivity contribution < 1.29 is 9.50 Å². The fraction of sp³-hybridized carbons (Fsp3) is 0. The Bertz CT molecular complexity index is 688. The molecule has 1 aromatic heterocycles. The van der Waals surface area contributed by atoms with Crippen molar-refractivity contribution in [3.05, 3.63) is 54.5 Å².